The Labute approximate surface area is 161 Å². The molecule has 3 rings (SSSR count). The van der Waals surface area contributed by atoms with Gasteiger partial charge in [0.05, 0.1) is 17.7 Å². The number of ether oxygens (including phenoxy) is 4. The number of carbonyl (C=O) groups excluding carboxylic acids is 2. The molecule has 8 heteroatoms. The maximum atomic E-state index is 12.3. The van der Waals surface area contributed by atoms with Crippen LogP contribution in [-0.4, -0.2) is 31.9 Å². The van der Waals surface area contributed by atoms with E-state index in [1.807, 2.05) is 18.2 Å². The summed E-state index contributed by atoms with van der Waals surface area (Å²) in [6, 6.07) is 10.2. The molecular weight excluding hydrogens is 374 g/mol. The van der Waals surface area contributed by atoms with Gasteiger partial charge in [-0.1, -0.05) is 29.8 Å². The van der Waals surface area contributed by atoms with Gasteiger partial charge in [-0.05, 0) is 25.1 Å². The summed E-state index contributed by atoms with van der Waals surface area (Å²) in [5.74, 6) is 0.298. The number of hydrogen-bond donors (Lipinski definition) is 1. The molecule has 0 aromatic heterocycles. The first-order chi connectivity index (χ1) is 13.0. The fourth-order valence-electron chi connectivity index (χ4n) is 2.54. The normalized spacial score (nSPS) is 13.0. The lowest BCUT2D eigenvalue weighted by Crippen LogP contribution is -2.35. The maximum Gasteiger partial charge on any atom is 0.339 e. The first-order valence-corrected chi connectivity index (χ1v) is 8.57. The zero-order valence-corrected chi connectivity index (χ0v) is 15.5. The largest absolute Gasteiger partial charge is 0.496 e. The first-order valence-electron chi connectivity index (χ1n) is 8.19. The van der Waals surface area contributed by atoms with Crippen molar-refractivity contribution in [3.05, 3.63) is 52.5 Å². The van der Waals surface area contributed by atoms with E-state index < -0.39 is 18.0 Å². The second kappa shape index (κ2) is 8.18. The van der Waals surface area contributed by atoms with Crippen molar-refractivity contribution in [1.29, 1.82) is 0 Å². The lowest BCUT2D eigenvalue weighted by Gasteiger charge is -2.15. The number of hydrogen-bond acceptors (Lipinski definition) is 6. The van der Waals surface area contributed by atoms with E-state index in [-0.39, 0.29) is 23.9 Å². The van der Waals surface area contributed by atoms with Crippen molar-refractivity contribution in [1.82, 2.24) is 5.32 Å². The zero-order valence-electron chi connectivity index (χ0n) is 14.8. The molecule has 1 aliphatic rings. The fourth-order valence-corrected chi connectivity index (χ4v) is 2.81. The van der Waals surface area contributed by atoms with Gasteiger partial charge in [0.1, 0.15) is 5.75 Å². The third-order valence-electron chi connectivity index (χ3n) is 3.96. The number of methoxy groups -OCH3 is 1. The molecule has 0 saturated carbocycles. The van der Waals surface area contributed by atoms with Crippen LogP contribution in [0.3, 0.4) is 0 Å². The maximum absolute atomic E-state index is 12.3. The van der Waals surface area contributed by atoms with Gasteiger partial charge in [-0.2, -0.15) is 0 Å². The predicted octanol–water partition coefficient (Wildman–Crippen LogP) is 2.94. The van der Waals surface area contributed by atoms with Crippen LogP contribution >= 0.6 is 11.6 Å². The summed E-state index contributed by atoms with van der Waals surface area (Å²) >= 11 is 6.06. The number of esters is 1. The van der Waals surface area contributed by atoms with Crippen molar-refractivity contribution >= 4 is 23.5 Å². The van der Waals surface area contributed by atoms with Crippen LogP contribution in [0, 0.1) is 0 Å². The monoisotopic (exact) mass is 391 g/mol. The van der Waals surface area contributed by atoms with E-state index in [9.17, 15) is 9.59 Å². The highest BCUT2D eigenvalue weighted by Crippen LogP contribution is 2.39. The van der Waals surface area contributed by atoms with E-state index in [4.69, 9.17) is 30.5 Å². The molecule has 0 fully saturated rings. The molecule has 1 amide bonds. The van der Waals surface area contributed by atoms with Crippen molar-refractivity contribution in [2.75, 3.05) is 13.9 Å². The Morgan fingerprint density at radius 1 is 1.26 bits per heavy atom. The first kappa shape index (κ1) is 18.8. The highest BCUT2D eigenvalue weighted by atomic mass is 35.5. The van der Waals surface area contributed by atoms with Gasteiger partial charge in [0.15, 0.2) is 17.6 Å². The summed E-state index contributed by atoms with van der Waals surface area (Å²) in [6.45, 7) is 1.78. The van der Waals surface area contributed by atoms with E-state index in [1.54, 1.807) is 13.2 Å². The molecule has 142 valence electrons. The number of halogens is 1. The summed E-state index contributed by atoms with van der Waals surface area (Å²) in [6.07, 6.45) is -0.989. The number of nitrogens with one attached hydrogen (secondary N) is 1. The van der Waals surface area contributed by atoms with E-state index in [2.05, 4.69) is 5.32 Å². The molecule has 7 nitrogen and oxygen atoms in total. The quantitative estimate of drug-likeness (QED) is 0.762. The van der Waals surface area contributed by atoms with Crippen LogP contribution in [0.5, 0.6) is 17.2 Å². The molecule has 1 heterocycles. The van der Waals surface area contributed by atoms with E-state index in [0.29, 0.717) is 17.2 Å². The van der Waals surface area contributed by atoms with Crippen molar-refractivity contribution in [3.8, 4) is 17.2 Å². The lowest BCUT2D eigenvalue weighted by molar-refractivity contribution is -0.129. The topological polar surface area (TPSA) is 83.1 Å². The van der Waals surface area contributed by atoms with E-state index >= 15 is 0 Å². The summed E-state index contributed by atoms with van der Waals surface area (Å²) in [5.41, 5.74) is 0.989. The van der Waals surface area contributed by atoms with Crippen LogP contribution < -0.4 is 19.5 Å². The van der Waals surface area contributed by atoms with Gasteiger partial charge >= 0.3 is 5.97 Å². The molecule has 1 N–H and O–H groups in total. The summed E-state index contributed by atoms with van der Waals surface area (Å²) in [7, 11) is 1.56. The molecule has 1 atom stereocenters. The molecule has 0 radical (unpaired) electrons. The summed E-state index contributed by atoms with van der Waals surface area (Å²) < 4.78 is 20.9. The molecule has 0 spiro atoms. The molecule has 0 unspecified atom stereocenters. The van der Waals surface area contributed by atoms with Gasteiger partial charge in [-0.3, -0.25) is 4.79 Å². The van der Waals surface area contributed by atoms with E-state index in [0.717, 1.165) is 5.56 Å². The number of fused-ring (bicyclic) bond motifs is 1. The van der Waals surface area contributed by atoms with Crippen LogP contribution in [0.25, 0.3) is 0 Å². The molecular formula is C19H18ClNO6. The average Bonchev–Trinajstić information content (AvgIpc) is 3.15. The summed E-state index contributed by atoms with van der Waals surface area (Å²) in [5, 5.41) is 2.96. The predicted molar refractivity (Wildman–Crippen MR) is 97.3 cm³/mol. The third-order valence-corrected chi connectivity index (χ3v) is 4.24. The van der Waals surface area contributed by atoms with Gasteiger partial charge in [0.25, 0.3) is 5.91 Å². The minimum atomic E-state index is -0.989. The molecule has 2 aromatic rings. The Bertz CT molecular complexity index is 869. The standard InChI is InChI=1S/C19H18ClNO6/c1-11(18(22)21-9-12-5-3-4-6-15(12)24-2)27-19(23)13-7-14(20)17-16(8-13)25-10-26-17/h3-8,11H,9-10H2,1-2H3,(H,21,22)/t11-/m0/s1. The van der Waals surface area contributed by atoms with Gasteiger partial charge < -0.3 is 24.3 Å². The Hall–Kier alpha value is -2.93. The molecule has 0 aliphatic carbocycles. The van der Waals surface area contributed by atoms with E-state index in [1.165, 1.54) is 19.1 Å². The number of amides is 1. The fraction of sp³-hybridized carbons (Fsp3) is 0.263. The van der Waals surface area contributed by atoms with Crippen LogP contribution in [-0.2, 0) is 16.1 Å². The van der Waals surface area contributed by atoms with Gasteiger partial charge in [-0.15, -0.1) is 0 Å². The second-order valence-electron chi connectivity index (χ2n) is 5.77. The Morgan fingerprint density at radius 2 is 2.04 bits per heavy atom. The molecule has 2 aromatic carbocycles. The molecule has 0 bridgehead atoms. The smallest absolute Gasteiger partial charge is 0.339 e. The van der Waals surface area contributed by atoms with Gasteiger partial charge in [0.2, 0.25) is 6.79 Å². The SMILES string of the molecule is COc1ccccc1CNC(=O)[C@H](C)OC(=O)c1cc(Cl)c2c(c1)OCO2. The third kappa shape index (κ3) is 4.25. The van der Waals surface area contributed by atoms with Crippen molar-refractivity contribution < 1.29 is 28.5 Å². The number of benzene rings is 2. The highest BCUT2D eigenvalue weighted by Gasteiger charge is 2.24. The number of para-hydroxylation sites is 1. The number of rotatable bonds is 6. The van der Waals surface area contributed by atoms with Crippen molar-refractivity contribution in [2.24, 2.45) is 0 Å². The minimum absolute atomic E-state index is 0.0370. The van der Waals surface area contributed by atoms with Crippen molar-refractivity contribution in [2.45, 2.75) is 19.6 Å². The Balaban J connectivity index is 1.59. The van der Waals surface area contributed by atoms with Gasteiger partial charge in [0, 0.05) is 12.1 Å². The van der Waals surface area contributed by atoms with Crippen LogP contribution in [0.2, 0.25) is 5.02 Å². The van der Waals surface area contributed by atoms with Crippen LogP contribution in [0.1, 0.15) is 22.8 Å². The molecule has 1 aliphatic heterocycles. The Morgan fingerprint density at radius 3 is 2.81 bits per heavy atom. The highest BCUT2D eigenvalue weighted by molar-refractivity contribution is 6.32. The lowest BCUT2D eigenvalue weighted by atomic mass is 10.2. The minimum Gasteiger partial charge on any atom is -0.496 e. The molecule has 27 heavy (non-hydrogen) atoms. The van der Waals surface area contributed by atoms with Gasteiger partial charge in [-0.25, -0.2) is 4.79 Å². The zero-order chi connectivity index (χ0) is 19.4. The second-order valence-corrected chi connectivity index (χ2v) is 6.18. The summed E-state index contributed by atoms with van der Waals surface area (Å²) in [4.78, 5) is 24.5. The number of carbonyl (C=O) groups is 2. The van der Waals surface area contributed by atoms with Crippen LogP contribution in [0.15, 0.2) is 36.4 Å². The van der Waals surface area contributed by atoms with Crippen LogP contribution in [0.4, 0.5) is 0 Å². The Kier molecular flexibility index (Phi) is 5.71. The average molecular weight is 392 g/mol. The van der Waals surface area contributed by atoms with Crippen molar-refractivity contribution in [3.63, 3.8) is 0 Å². The molecule has 0 saturated heterocycles.